The van der Waals surface area contributed by atoms with Gasteiger partial charge in [-0.05, 0) is 38.1 Å². The second-order valence-corrected chi connectivity index (χ2v) is 6.26. The van der Waals surface area contributed by atoms with Gasteiger partial charge in [-0.1, -0.05) is 18.2 Å². The molecule has 1 aromatic carbocycles. The predicted molar refractivity (Wildman–Crippen MR) is 103 cm³/mol. The van der Waals surface area contributed by atoms with Crippen molar-refractivity contribution in [3.63, 3.8) is 0 Å². The molecule has 27 heavy (non-hydrogen) atoms. The van der Waals surface area contributed by atoms with Gasteiger partial charge in [0.1, 0.15) is 22.8 Å². The molecule has 5 N–H and O–H groups in total. The van der Waals surface area contributed by atoms with Gasteiger partial charge in [-0.15, -0.1) is 0 Å². The van der Waals surface area contributed by atoms with Crippen LogP contribution in [0, 0.1) is 0 Å². The standard InChI is InChI=1S/C19H20N6O2/c1-11(2)25-17(20)15(18(21)26)16(24-25)12-6-8-13(9-7-12)23-19(27)14-5-3-4-10-22-14/h3-11H,20H2,1-2H3,(H2,21,26)(H,23,27). The molecule has 8 nitrogen and oxygen atoms in total. The molecule has 138 valence electrons. The molecule has 0 aliphatic heterocycles. The number of nitrogens with one attached hydrogen (secondary N) is 1. The van der Waals surface area contributed by atoms with Gasteiger partial charge in [-0.25, -0.2) is 4.68 Å². The Hall–Kier alpha value is -3.68. The molecule has 0 saturated carbocycles. The first kappa shape index (κ1) is 18.1. The maximum absolute atomic E-state index is 12.2. The lowest BCUT2D eigenvalue weighted by Gasteiger charge is -2.07. The number of rotatable bonds is 5. The zero-order chi connectivity index (χ0) is 19.6. The van der Waals surface area contributed by atoms with Gasteiger partial charge in [0.2, 0.25) is 0 Å². The first-order valence-electron chi connectivity index (χ1n) is 8.39. The highest BCUT2D eigenvalue weighted by Crippen LogP contribution is 2.29. The second kappa shape index (κ2) is 7.28. The molecule has 0 bridgehead atoms. The summed E-state index contributed by atoms with van der Waals surface area (Å²) in [7, 11) is 0. The minimum absolute atomic E-state index is 0.0196. The minimum atomic E-state index is -0.637. The van der Waals surface area contributed by atoms with Crippen LogP contribution in [0.1, 0.15) is 40.7 Å². The number of primary amides is 1. The van der Waals surface area contributed by atoms with E-state index in [2.05, 4.69) is 15.4 Å². The van der Waals surface area contributed by atoms with E-state index < -0.39 is 5.91 Å². The van der Waals surface area contributed by atoms with Gasteiger partial charge in [0.25, 0.3) is 11.8 Å². The van der Waals surface area contributed by atoms with Gasteiger partial charge in [-0.3, -0.25) is 14.6 Å². The SMILES string of the molecule is CC(C)n1nc(-c2ccc(NC(=O)c3ccccn3)cc2)c(C(N)=O)c1N. The molecule has 0 fully saturated rings. The quantitative estimate of drug-likeness (QED) is 0.640. The van der Waals surface area contributed by atoms with Crippen LogP contribution in [0.15, 0.2) is 48.7 Å². The fourth-order valence-electron chi connectivity index (χ4n) is 2.69. The van der Waals surface area contributed by atoms with E-state index in [4.69, 9.17) is 11.5 Å². The van der Waals surface area contributed by atoms with Gasteiger partial charge in [0, 0.05) is 23.5 Å². The Balaban J connectivity index is 1.89. The van der Waals surface area contributed by atoms with E-state index >= 15 is 0 Å². The number of amides is 2. The molecule has 2 heterocycles. The first-order chi connectivity index (χ1) is 12.9. The summed E-state index contributed by atoms with van der Waals surface area (Å²) < 4.78 is 1.56. The smallest absolute Gasteiger partial charge is 0.274 e. The van der Waals surface area contributed by atoms with Crippen LogP contribution in [0.25, 0.3) is 11.3 Å². The molecule has 0 unspecified atom stereocenters. The van der Waals surface area contributed by atoms with Crippen molar-refractivity contribution in [2.45, 2.75) is 19.9 Å². The molecule has 0 atom stereocenters. The van der Waals surface area contributed by atoms with Gasteiger partial charge in [-0.2, -0.15) is 5.10 Å². The Kier molecular flexibility index (Phi) is 4.89. The third-order valence-corrected chi connectivity index (χ3v) is 4.00. The number of nitrogens with two attached hydrogens (primary N) is 2. The zero-order valence-electron chi connectivity index (χ0n) is 15.0. The van der Waals surface area contributed by atoms with E-state index in [0.717, 1.165) is 0 Å². The summed E-state index contributed by atoms with van der Waals surface area (Å²) in [5, 5.41) is 7.20. The monoisotopic (exact) mass is 364 g/mol. The largest absolute Gasteiger partial charge is 0.383 e. The maximum Gasteiger partial charge on any atom is 0.274 e. The maximum atomic E-state index is 12.2. The summed E-state index contributed by atoms with van der Waals surface area (Å²) in [6.07, 6.45) is 1.55. The second-order valence-electron chi connectivity index (χ2n) is 6.26. The van der Waals surface area contributed by atoms with Crippen molar-refractivity contribution < 1.29 is 9.59 Å². The summed E-state index contributed by atoms with van der Waals surface area (Å²) >= 11 is 0. The summed E-state index contributed by atoms with van der Waals surface area (Å²) in [6.45, 7) is 3.82. The number of nitrogen functional groups attached to an aromatic ring is 1. The third-order valence-electron chi connectivity index (χ3n) is 4.00. The molecule has 0 aliphatic carbocycles. The highest BCUT2D eigenvalue weighted by Gasteiger charge is 2.22. The summed E-state index contributed by atoms with van der Waals surface area (Å²) in [5.41, 5.74) is 13.7. The van der Waals surface area contributed by atoms with E-state index in [1.807, 2.05) is 13.8 Å². The topological polar surface area (TPSA) is 129 Å². The number of anilines is 2. The molecular weight excluding hydrogens is 344 g/mol. The summed E-state index contributed by atoms with van der Waals surface area (Å²) in [6, 6.07) is 12.0. The van der Waals surface area contributed by atoms with E-state index in [-0.39, 0.29) is 23.3 Å². The van der Waals surface area contributed by atoms with Crippen LogP contribution in [-0.2, 0) is 0 Å². The number of hydrogen-bond acceptors (Lipinski definition) is 5. The molecule has 3 aromatic rings. The molecule has 2 aromatic heterocycles. The van der Waals surface area contributed by atoms with Crippen LogP contribution >= 0.6 is 0 Å². The number of hydrogen-bond donors (Lipinski definition) is 3. The Morgan fingerprint density at radius 3 is 2.37 bits per heavy atom. The first-order valence-corrected chi connectivity index (χ1v) is 8.39. The number of aromatic nitrogens is 3. The zero-order valence-corrected chi connectivity index (χ0v) is 15.0. The molecular formula is C19H20N6O2. The highest BCUT2D eigenvalue weighted by atomic mass is 16.2. The summed E-state index contributed by atoms with van der Waals surface area (Å²) in [4.78, 5) is 28.0. The molecule has 0 saturated heterocycles. The third kappa shape index (κ3) is 3.64. The van der Waals surface area contributed by atoms with Gasteiger partial charge in [0.05, 0.1) is 0 Å². The lowest BCUT2D eigenvalue weighted by molar-refractivity contribution is 0.0998. The van der Waals surface area contributed by atoms with Crippen LogP contribution in [-0.4, -0.2) is 26.6 Å². The van der Waals surface area contributed by atoms with Crippen molar-refractivity contribution in [2.24, 2.45) is 5.73 Å². The predicted octanol–water partition coefficient (Wildman–Crippen LogP) is 2.46. The Labute approximate surface area is 156 Å². The lowest BCUT2D eigenvalue weighted by atomic mass is 10.1. The van der Waals surface area contributed by atoms with Crippen LogP contribution in [0.4, 0.5) is 11.5 Å². The number of pyridine rings is 1. The Morgan fingerprint density at radius 1 is 1.11 bits per heavy atom. The lowest BCUT2D eigenvalue weighted by Crippen LogP contribution is -2.15. The van der Waals surface area contributed by atoms with Crippen LogP contribution in [0.5, 0.6) is 0 Å². The number of carbonyl (C=O) groups excluding carboxylic acids is 2. The molecule has 0 radical (unpaired) electrons. The normalized spacial score (nSPS) is 10.8. The van der Waals surface area contributed by atoms with Crippen molar-refractivity contribution in [2.75, 3.05) is 11.1 Å². The van der Waals surface area contributed by atoms with E-state index in [1.54, 1.807) is 53.3 Å². The van der Waals surface area contributed by atoms with Crippen LogP contribution in [0.3, 0.4) is 0 Å². The number of carbonyl (C=O) groups is 2. The van der Waals surface area contributed by atoms with Gasteiger partial charge >= 0.3 is 0 Å². The van der Waals surface area contributed by atoms with E-state index in [1.165, 1.54) is 0 Å². The minimum Gasteiger partial charge on any atom is -0.383 e. The molecule has 0 aliphatic rings. The molecule has 2 amide bonds. The van der Waals surface area contributed by atoms with Crippen molar-refractivity contribution in [1.29, 1.82) is 0 Å². The fraction of sp³-hybridized carbons (Fsp3) is 0.158. The van der Waals surface area contributed by atoms with Gasteiger partial charge in [0.15, 0.2) is 0 Å². The number of benzene rings is 1. The van der Waals surface area contributed by atoms with E-state index in [0.29, 0.717) is 22.6 Å². The average molecular weight is 364 g/mol. The Morgan fingerprint density at radius 2 is 1.81 bits per heavy atom. The highest BCUT2D eigenvalue weighted by molar-refractivity contribution is 6.04. The Bertz CT molecular complexity index is 977. The fourth-order valence-corrected chi connectivity index (χ4v) is 2.69. The molecule has 8 heteroatoms. The van der Waals surface area contributed by atoms with Crippen LogP contribution in [0.2, 0.25) is 0 Å². The van der Waals surface area contributed by atoms with Gasteiger partial charge < -0.3 is 16.8 Å². The van der Waals surface area contributed by atoms with Crippen molar-refractivity contribution in [3.05, 3.63) is 59.9 Å². The van der Waals surface area contributed by atoms with E-state index in [9.17, 15) is 9.59 Å². The van der Waals surface area contributed by atoms with Crippen molar-refractivity contribution in [3.8, 4) is 11.3 Å². The van der Waals surface area contributed by atoms with Crippen molar-refractivity contribution >= 4 is 23.3 Å². The van der Waals surface area contributed by atoms with Crippen LogP contribution < -0.4 is 16.8 Å². The molecule has 0 spiro atoms. The summed E-state index contributed by atoms with van der Waals surface area (Å²) in [5.74, 6) is -0.712. The average Bonchev–Trinajstić information content (AvgIpc) is 3.01. The molecule has 3 rings (SSSR count). The van der Waals surface area contributed by atoms with Crippen molar-refractivity contribution in [1.82, 2.24) is 14.8 Å². The number of nitrogens with zero attached hydrogens (tertiary/aromatic N) is 3.